The second-order valence-corrected chi connectivity index (χ2v) is 16.2. The lowest BCUT2D eigenvalue weighted by molar-refractivity contribution is -0.138. The van der Waals surface area contributed by atoms with E-state index in [0.29, 0.717) is 56.9 Å². The number of aromatic nitrogens is 1. The van der Waals surface area contributed by atoms with Gasteiger partial charge in [-0.15, -0.1) is 11.8 Å². The zero-order valence-electron chi connectivity index (χ0n) is 36.2. The van der Waals surface area contributed by atoms with Gasteiger partial charge in [0.2, 0.25) is 41.2 Å². The summed E-state index contributed by atoms with van der Waals surface area (Å²) in [6.07, 6.45) is 6.04. The van der Waals surface area contributed by atoms with Crippen molar-refractivity contribution < 1.29 is 58.1 Å². The number of aromatic amines is 1. The fourth-order valence-corrected chi connectivity index (χ4v) is 8.08. The maximum absolute atomic E-state index is 13.3. The molecule has 0 saturated carbocycles. The Morgan fingerprint density at radius 2 is 1.48 bits per heavy atom. The van der Waals surface area contributed by atoms with E-state index < -0.39 is 115 Å². The number of rotatable bonds is 23. The topological polar surface area (TPSA) is 326 Å². The van der Waals surface area contributed by atoms with Crippen molar-refractivity contribution in [3.63, 3.8) is 0 Å². The molecule has 1 saturated heterocycles. The van der Waals surface area contributed by atoms with E-state index in [1.165, 1.54) is 11.8 Å². The number of fused-ring (bicyclic) bond motifs is 1. The number of carbonyl (C=O) groups excluding carboxylic acids is 9. The van der Waals surface area contributed by atoms with Crippen molar-refractivity contribution >= 4 is 84.5 Å². The highest BCUT2D eigenvalue weighted by molar-refractivity contribution is 7.99. The number of hydrogen-bond acceptors (Lipinski definition) is 12. The maximum atomic E-state index is 13.3. The molecule has 1 aromatic heterocycles. The number of hydrogen-bond donors (Lipinski definition) is 11. The van der Waals surface area contributed by atoms with Crippen molar-refractivity contribution in [2.45, 2.75) is 109 Å². The van der Waals surface area contributed by atoms with Crippen LogP contribution in [0.2, 0.25) is 0 Å². The lowest BCUT2D eigenvalue weighted by atomic mass is 9.97. The summed E-state index contributed by atoms with van der Waals surface area (Å²) >= 11 is 1.16. The molecule has 4 unspecified atom stereocenters. The number of amides is 10. The van der Waals surface area contributed by atoms with Crippen LogP contribution in [0.4, 0.5) is 9.59 Å². The van der Waals surface area contributed by atoms with Crippen LogP contribution in [0.5, 0.6) is 0 Å². The van der Waals surface area contributed by atoms with E-state index in [1.807, 2.05) is 6.92 Å². The normalized spacial score (nSPS) is 17.4. The van der Waals surface area contributed by atoms with Crippen LogP contribution in [0, 0.1) is 11.8 Å². The number of nitrogens with zero attached hydrogens (tertiary/aromatic N) is 1. The molecule has 345 valence electrons. The van der Waals surface area contributed by atoms with E-state index in [1.54, 1.807) is 39.8 Å². The number of carboxylic acids is 1. The van der Waals surface area contributed by atoms with Crippen LogP contribution in [-0.2, 0) is 44.8 Å². The first kappa shape index (κ1) is 51.4. The maximum Gasteiger partial charge on any atom is 0.404 e. The van der Waals surface area contributed by atoms with E-state index in [0.717, 1.165) is 22.9 Å². The smallest absolute Gasteiger partial charge is 0.404 e. The third kappa shape index (κ3) is 14.9. The summed E-state index contributed by atoms with van der Waals surface area (Å²) in [5, 5.41) is 38.2. The van der Waals surface area contributed by atoms with Crippen molar-refractivity contribution in [3.8, 4) is 0 Å². The Morgan fingerprint density at radius 1 is 0.857 bits per heavy atom. The Kier molecular flexibility index (Phi) is 20.1. The molecule has 10 amide bonds. The van der Waals surface area contributed by atoms with Gasteiger partial charge in [0.1, 0.15) is 30.7 Å². The summed E-state index contributed by atoms with van der Waals surface area (Å²) in [4.78, 5) is 131. The zero-order chi connectivity index (χ0) is 47.0. The minimum atomic E-state index is -1.32. The molecule has 24 heteroatoms. The first-order chi connectivity index (χ1) is 29.8. The van der Waals surface area contributed by atoms with E-state index in [-0.39, 0.29) is 11.7 Å². The third-order valence-electron chi connectivity index (χ3n) is 10.8. The Morgan fingerprint density at radius 3 is 2.08 bits per heavy atom. The molecule has 3 rings (SSSR count). The van der Waals surface area contributed by atoms with Crippen molar-refractivity contribution in [2.24, 2.45) is 11.8 Å². The van der Waals surface area contributed by atoms with Gasteiger partial charge < -0.3 is 57.2 Å². The van der Waals surface area contributed by atoms with Gasteiger partial charge in [-0.2, -0.15) is 0 Å². The number of urea groups is 1. The molecule has 22 nitrogen and oxygen atoms in total. The molecule has 2 aliphatic rings. The van der Waals surface area contributed by atoms with Crippen LogP contribution in [0.25, 0.3) is 6.08 Å². The number of carboxylic acid groups (broad SMARTS) is 1. The van der Waals surface area contributed by atoms with Crippen LogP contribution in [0.1, 0.15) is 90.1 Å². The number of likely N-dealkylation sites (tertiary alicyclic amines) is 1. The molecule has 0 bridgehead atoms. The summed E-state index contributed by atoms with van der Waals surface area (Å²) < 4.78 is 0. The highest BCUT2D eigenvalue weighted by atomic mass is 32.2. The lowest BCUT2D eigenvalue weighted by Gasteiger charge is -2.27. The minimum Gasteiger partial charge on any atom is -0.480 e. The predicted octanol–water partition coefficient (Wildman–Crippen LogP) is -1.24. The Bertz CT molecular complexity index is 1930. The highest BCUT2D eigenvalue weighted by Crippen LogP contribution is 2.37. The summed E-state index contributed by atoms with van der Waals surface area (Å²) in [6, 6.07) is -5.90. The molecule has 11 N–H and O–H groups in total. The second kappa shape index (κ2) is 24.7. The molecule has 1 aliphatic carbocycles. The number of carbonyl (C=O) groups is 10. The first-order valence-electron chi connectivity index (χ1n) is 20.7. The van der Waals surface area contributed by atoms with Gasteiger partial charge in [-0.3, -0.25) is 48.5 Å². The van der Waals surface area contributed by atoms with Crippen molar-refractivity contribution in [1.82, 2.24) is 52.4 Å². The SMILES string of the molecule is CCc1c(SC[C@H](NC(=O)CNC(=O)C(NC(=O)CNC(=O)NC(=O)C(NC(=O)[C@@H]2CCCN2C(C)=O)C(C)CC)[C@@H](C)CC)C(=O)NCC(=O)O)[nH]c2c1C=CC2NC(=O)[B]O. The van der Waals surface area contributed by atoms with E-state index in [2.05, 4.69) is 47.5 Å². The Hall–Kier alpha value is -5.91. The molecule has 1 aliphatic heterocycles. The third-order valence-corrected chi connectivity index (χ3v) is 11.9. The van der Waals surface area contributed by atoms with Crippen molar-refractivity contribution in [1.29, 1.82) is 0 Å². The fourth-order valence-electron chi connectivity index (χ4n) is 6.91. The van der Waals surface area contributed by atoms with Crippen LogP contribution in [0.15, 0.2) is 11.1 Å². The lowest BCUT2D eigenvalue weighted by Crippen LogP contribution is -2.57. The molecule has 0 spiro atoms. The van der Waals surface area contributed by atoms with Crippen molar-refractivity contribution in [2.75, 3.05) is 31.9 Å². The van der Waals surface area contributed by atoms with Gasteiger partial charge in [-0.05, 0) is 36.7 Å². The monoisotopic (exact) mass is 901 g/mol. The summed E-state index contributed by atoms with van der Waals surface area (Å²) in [5.74, 6) is -7.73. The number of imide groups is 1. The summed E-state index contributed by atoms with van der Waals surface area (Å²) in [7, 11) is 0.406. The number of thioether (sulfide) groups is 1. The van der Waals surface area contributed by atoms with Gasteiger partial charge in [0.25, 0.3) is 5.91 Å². The Labute approximate surface area is 369 Å². The average Bonchev–Trinajstić information content (AvgIpc) is 3.99. The molecular weight excluding hydrogens is 843 g/mol. The average molecular weight is 902 g/mol. The van der Waals surface area contributed by atoms with Crippen LogP contribution in [-0.4, -0.2) is 143 Å². The van der Waals surface area contributed by atoms with Crippen LogP contribution < -0.4 is 42.5 Å². The van der Waals surface area contributed by atoms with Crippen LogP contribution in [0.3, 0.4) is 0 Å². The largest absolute Gasteiger partial charge is 0.480 e. The molecule has 7 atom stereocenters. The van der Waals surface area contributed by atoms with E-state index in [9.17, 15) is 47.9 Å². The van der Waals surface area contributed by atoms with Gasteiger partial charge in [0.05, 0.1) is 29.9 Å². The van der Waals surface area contributed by atoms with Gasteiger partial charge in [0.15, 0.2) is 0 Å². The highest BCUT2D eigenvalue weighted by Gasteiger charge is 2.36. The summed E-state index contributed by atoms with van der Waals surface area (Å²) in [6.45, 7) is 8.61. The van der Waals surface area contributed by atoms with Gasteiger partial charge in [-0.25, -0.2) is 4.79 Å². The van der Waals surface area contributed by atoms with Crippen LogP contribution >= 0.6 is 11.8 Å². The predicted molar refractivity (Wildman–Crippen MR) is 229 cm³/mol. The Balaban J connectivity index is 1.58. The zero-order valence-corrected chi connectivity index (χ0v) is 37.0. The standard InChI is InChI=1S/C39H58BN10O12S/c1-7-19(4)30(46-28(53)16-43-39(61)49-36(59)31(20(5)8-2)47-34(57)26-11-10-14-50(26)21(6)51)35(58)41-15-27(52)44-25(33(56)42-17-29(54)55)18-63-37-22(9-3)23-12-13-24(32(23)48-37)45-38(60)40-62/h12-13,19-20,24-26,30-31,48,62H,7-11,14-18H2,1-6H3,(H,41,58)(H,42,56)(H,44,52)(H,45,60)(H,46,53)(H,47,57)(H,54,55)(H2,43,49,59,61)/t19-,20?,24?,25-,26-,30?,31?/m0/s1. The fraction of sp³-hybridized carbons (Fsp3) is 0.590. The van der Waals surface area contributed by atoms with Crippen molar-refractivity contribution in [3.05, 3.63) is 22.9 Å². The number of nitrogens with one attached hydrogen (secondary N) is 9. The molecule has 0 aromatic carbocycles. The number of H-pyrrole nitrogens is 1. The van der Waals surface area contributed by atoms with E-state index in [4.69, 9.17) is 10.1 Å². The molecule has 1 radical (unpaired) electrons. The molecule has 63 heavy (non-hydrogen) atoms. The molecule has 1 fully saturated rings. The summed E-state index contributed by atoms with van der Waals surface area (Å²) in [5.41, 5.74) is 2.33. The molecule has 1 aromatic rings. The van der Waals surface area contributed by atoms with Gasteiger partial charge >= 0.3 is 19.5 Å². The molecule has 2 heterocycles. The number of aliphatic carboxylic acids is 1. The molecular formula is C39H58BN10O12S. The first-order valence-corrected chi connectivity index (χ1v) is 21.7. The van der Waals surface area contributed by atoms with E-state index >= 15 is 0 Å². The quantitative estimate of drug-likeness (QED) is 0.0453. The van der Waals surface area contributed by atoms with Gasteiger partial charge in [0, 0.05) is 24.8 Å². The minimum absolute atomic E-state index is 0.0757. The second-order valence-electron chi connectivity index (χ2n) is 15.2. The van der Waals surface area contributed by atoms with Gasteiger partial charge in [-0.1, -0.05) is 59.6 Å².